The van der Waals surface area contributed by atoms with Gasteiger partial charge in [0.2, 0.25) is 0 Å². The average Bonchev–Trinajstić information content (AvgIpc) is 2.20. The van der Waals surface area contributed by atoms with E-state index in [9.17, 15) is 4.79 Å². The smallest absolute Gasteiger partial charge is 0.286 e. The zero-order valence-corrected chi connectivity index (χ0v) is 7.52. The van der Waals surface area contributed by atoms with Crippen molar-refractivity contribution in [2.24, 2.45) is 0 Å². The van der Waals surface area contributed by atoms with Crippen LogP contribution in [0.5, 0.6) is 0 Å². The van der Waals surface area contributed by atoms with Crippen LogP contribution in [0, 0.1) is 0 Å². The maximum absolute atomic E-state index is 11.4. The minimum absolute atomic E-state index is 0.0376. The molecule has 1 aromatic rings. The maximum atomic E-state index is 11.4. The van der Waals surface area contributed by atoms with Crippen molar-refractivity contribution in [3.05, 3.63) is 28.7 Å². The summed E-state index contributed by atoms with van der Waals surface area (Å²) in [5.41, 5.74) is -0.0376. The second-order valence-electron chi connectivity index (χ2n) is 3.27. The number of hydrogen-bond acceptors (Lipinski definition) is 3. The molecule has 0 aromatic carbocycles. The van der Waals surface area contributed by atoms with E-state index < -0.39 is 0 Å². The first-order valence-electron chi connectivity index (χ1n) is 4.67. The van der Waals surface area contributed by atoms with Gasteiger partial charge in [0.1, 0.15) is 0 Å². The van der Waals surface area contributed by atoms with E-state index in [1.807, 2.05) is 5.01 Å². The molecule has 0 amide bonds. The third-order valence-corrected chi connectivity index (χ3v) is 2.30. The van der Waals surface area contributed by atoms with E-state index in [4.69, 9.17) is 0 Å². The summed E-state index contributed by atoms with van der Waals surface area (Å²) >= 11 is 0. The Balaban J connectivity index is 2.24. The first kappa shape index (κ1) is 8.29. The van der Waals surface area contributed by atoms with Gasteiger partial charge in [-0.05, 0) is 25.3 Å². The van der Waals surface area contributed by atoms with Gasteiger partial charge < -0.3 is 0 Å². The molecule has 70 valence electrons. The topological polar surface area (TPSA) is 38.1 Å². The zero-order valence-electron chi connectivity index (χ0n) is 7.52. The highest BCUT2D eigenvalue weighted by molar-refractivity contribution is 4.92. The minimum atomic E-state index is -0.0376. The Bertz CT molecular complexity index is 328. The monoisotopic (exact) mass is 179 g/mol. The molecule has 0 radical (unpaired) electrons. The summed E-state index contributed by atoms with van der Waals surface area (Å²) in [4.78, 5) is 12.8. The maximum Gasteiger partial charge on any atom is 0.286 e. The van der Waals surface area contributed by atoms with E-state index in [0.717, 1.165) is 25.9 Å². The van der Waals surface area contributed by atoms with Crippen molar-refractivity contribution in [2.75, 3.05) is 18.1 Å². The average molecular weight is 179 g/mol. The molecule has 0 saturated carbocycles. The van der Waals surface area contributed by atoms with Gasteiger partial charge in [0.25, 0.3) is 5.56 Å². The molecule has 1 aromatic heterocycles. The Morgan fingerprint density at radius 1 is 1.23 bits per heavy atom. The Hall–Kier alpha value is -1.32. The van der Waals surface area contributed by atoms with E-state index in [0.29, 0.717) is 0 Å². The molecule has 1 aliphatic rings. The van der Waals surface area contributed by atoms with Crippen LogP contribution in [0.3, 0.4) is 0 Å². The van der Waals surface area contributed by atoms with Crippen molar-refractivity contribution in [1.29, 1.82) is 0 Å². The van der Waals surface area contributed by atoms with Crippen LogP contribution < -0.4 is 10.6 Å². The summed E-state index contributed by atoms with van der Waals surface area (Å²) in [6, 6.07) is 3.21. The molecule has 4 heteroatoms. The Labute approximate surface area is 76.8 Å². The molecular formula is C9H13N3O. The summed E-state index contributed by atoms with van der Waals surface area (Å²) in [7, 11) is 0. The standard InChI is InChI=1S/C9H13N3O/c13-9-5-4-6-10-12(9)11-7-2-1-3-8-11/h4-6H,1-3,7-8H2. The lowest BCUT2D eigenvalue weighted by Crippen LogP contribution is -2.46. The molecular weight excluding hydrogens is 166 g/mol. The van der Waals surface area contributed by atoms with Gasteiger partial charge in [0.05, 0.1) is 0 Å². The highest BCUT2D eigenvalue weighted by Crippen LogP contribution is 2.05. The quantitative estimate of drug-likeness (QED) is 0.625. The number of piperidine rings is 1. The van der Waals surface area contributed by atoms with Gasteiger partial charge in [-0.15, -0.1) is 4.79 Å². The molecule has 0 N–H and O–H groups in total. The van der Waals surface area contributed by atoms with Crippen LogP contribution in [0.1, 0.15) is 19.3 Å². The van der Waals surface area contributed by atoms with Gasteiger partial charge >= 0.3 is 0 Å². The molecule has 1 saturated heterocycles. The molecule has 0 spiro atoms. The highest BCUT2D eigenvalue weighted by atomic mass is 16.1. The predicted molar refractivity (Wildman–Crippen MR) is 50.3 cm³/mol. The van der Waals surface area contributed by atoms with Gasteiger partial charge in [-0.1, -0.05) is 0 Å². The molecule has 0 bridgehead atoms. The van der Waals surface area contributed by atoms with Crippen LogP contribution in [0.25, 0.3) is 0 Å². The van der Waals surface area contributed by atoms with E-state index in [-0.39, 0.29) is 5.56 Å². The van der Waals surface area contributed by atoms with Crippen molar-refractivity contribution in [1.82, 2.24) is 9.89 Å². The summed E-state index contributed by atoms with van der Waals surface area (Å²) in [5, 5.41) is 6.04. The fourth-order valence-electron chi connectivity index (χ4n) is 1.63. The van der Waals surface area contributed by atoms with E-state index >= 15 is 0 Å². The third kappa shape index (κ3) is 1.71. The lowest BCUT2D eigenvalue weighted by molar-refractivity contribution is 0.434. The van der Waals surface area contributed by atoms with E-state index in [1.165, 1.54) is 11.2 Å². The van der Waals surface area contributed by atoms with Crippen LogP contribution in [0.2, 0.25) is 0 Å². The van der Waals surface area contributed by atoms with Gasteiger partial charge in [0.15, 0.2) is 0 Å². The molecule has 2 rings (SSSR count). The van der Waals surface area contributed by atoms with Crippen LogP contribution in [0.4, 0.5) is 0 Å². The number of nitrogens with zero attached hydrogens (tertiary/aromatic N) is 3. The molecule has 0 aliphatic carbocycles. The van der Waals surface area contributed by atoms with Crippen LogP contribution in [0.15, 0.2) is 23.1 Å². The molecule has 13 heavy (non-hydrogen) atoms. The summed E-state index contributed by atoms with van der Waals surface area (Å²) < 4.78 is 0. The SMILES string of the molecule is O=c1cccnn1N1CCCCC1. The molecule has 2 heterocycles. The van der Waals surface area contributed by atoms with Crippen LogP contribution >= 0.6 is 0 Å². The predicted octanol–water partition coefficient (Wildman–Crippen LogP) is 0.365. The third-order valence-electron chi connectivity index (χ3n) is 2.30. The fraction of sp³-hybridized carbons (Fsp3) is 0.556. The molecule has 0 atom stereocenters. The molecule has 4 nitrogen and oxygen atoms in total. The molecule has 0 unspecified atom stereocenters. The summed E-state index contributed by atoms with van der Waals surface area (Å²) in [6.07, 6.45) is 5.22. The van der Waals surface area contributed by atoms with Crippen molar-refractivity contribution in [3.63, 3.8) is 0 Å². The lowest BCUT2D eigenvalue weighted by Gasteiger charge is -2.28. The summed E-state index contributed by atoms with van der Waals surface area (Å²) in [6.45, 7) is 1.88. The fourth-order valence-corrected chi connectivity index (χ4v) is 1.63. The number of aromatic nitrogens is 2. The molecule has 1 fully saturated rings. The second-order valence-corrected chi connectivity index (χ2v) is 3.27. The van der Waals surface area contributed by atoms with Gasteiger partial charge in [0, 0.05) is 25.4 Å². The van der Waals surface area contributed by atoms with Crippen molar-refractivity contribution in [2.45, 2.75) is 19.3 Å². The van der Waals surface area contributed by atoms with Crippen LogP contribution in [-0.2, 0) is 0 Å². The van der Waals surface area contributed by atoms with Gasteiger partial charge in [-0.3, -0.25) is 9.80 Å². The van der Waals surface area contributed by atoms with Crippen molar-refractivity contribution < 1.29 is 0 Å². The highest BCUT2D eigenvalue weighted by Gasteiger charge is 2.11. The van der Waals surface area contributed by atoms with Crippen LogP contribution in [-0.4, -0.2) is 23.0 Å². The number of hydrogen-bond donors (Lipinski definition) is 0. The lowest BCUT2D eigenvalue weighted by atomic mass is 10.2. The first-order valence-corrected chi connectivity index (χ1v) is 4.67. The number of rotatable bonds is 1. The largest absolute Gasteiger partial charge is 0.293 e. The Morgan fingerprint density at radius 2 is 2.00 bits per heavy atom. The van der Waals surface area contributed by atoms with E-state index in [1.54, 1.807) is 18.3 Å². The summed E-state index contributed by atoms with van der Waals surface area (Å²) in [5.74, 6) is 0. The Morgan fingerprint density at radius 3 is 2.69 bits per heavy atom. The second kappa shape index (κ2) is 3.60. The van der Waals surface area contributed by atoms with Gasteiger partial charge in [-0.25, -0.2) is 0 Å². The van der Waals surface area contributed by atoms with E-state index in [2.05, 4.69) is 5.10 Å². The normalized spacial score (nSPS) is 17.4. The minimum Gasteiger partial charge on any atom is -0.293 e. The van der Waals surface area contributed by atoms with Crippen molar-refractivity contribution >= 4 is 0 Å². The van der Waals surface area contributed by atoms with Gasteiger partial charge in [-0.2, -0.15) is 5.10 Å². The first-order chi connectivity index (χ1) is 6.38. The zero-order chi connectivity index (χ0) is 9.10. The van der Waals surface area contributed by atoms with Crippen molar-refractivity contribution in [3.8, 4) is 0 Å². The molecule has 1 aliphatic heterocycles. The Kier molecular flexibility index (Phi) is 2.29.